The highest BCUT2D eigenvalue weighted by Gasteiger charge is 2.06. The van der Waals surface area contributed by atoms with Crippen molar-refractivity contribution in [3.63, 3.8) is 0 Å². The highest BCUT2D eigenvalue weighted by atomic mass is 16.5. The second kappa shape index (κ2) is 7.79. The topological polar surface area (TPSA) is 34.1 Å². The third kappa shape index (κ3) is 4.30. The van der Waals surface area contributed by atoms with Crippen molar-refractivity contribution < 1.29 is 4.74 Å². The third-order valence-corrected chi connectivity index (χ3v) is 3.55. The van der Waals surface area contributed by atoms with E-state index >= 15 is 0 Å². The van der Waals surface area contributed by atoms with Crippen molar-refractivity contribution >= 4 is 0 Å². The molecule has 2 aromatic rings. The van der Waals surface area contributed by atoms with Gasteiger partial charge in [0.2, 0.25) is 0 Å². The molecule has 0 spiro atoms. The molecule has 0 aliphatic rings. The fourth-order valence-corrected chi connectivity index (χ4v) is 2.34. The van der Waals surface area contributed by atoms with Crippen LogP contribution in [0.25, 0.3) is 0 Å². The van der Waals surface area contributed by atoms with Crippen LogP contribution >= 0.6 is 0 Å². The first-order chi connectivity index (χ1) is 10.2. The van der Waals surface area contributed by atoms with Gasteiger partial charge in [-0.05, 0) is 56.6 Å². The molecule has 0 saturated heterocycles. The molecule has 1 heterocycles. The summed E-state index contributed by atoms with van der Waals surface area (Å²) in [6.07, 6.45) is 1.90. The maximum Gasteiger partial charge on any atom is 0.141 e. The van der Waals surface area contributed by atoms with Gasteiger partial charge in [0, 0.05) is 5.69 Å². The predicted molar refractivity (Wildman–Crippen MR) is 86.8 cm³/mol. The van der Waals surface area contributed by atoms with Crippen LogP contribution < -0.4 is 10.1 Å². The van der Waals surface area contributed by atoms with Crippen molar-refractivity contribution in [1.29, 1.82) is 0 Å². The van der Waals surface area contributed by atoms with E-state index in [0.717, 1.165) is 36.5 Å². The van der Waals surface area contributed by atoms with Crippen LogP contribution in [0.4, 0.5) is 0 Å². The lowest BCUT2D eigenvalue weighted by molar-refractivity contribution is 0.300. The lowest BCUT2D eigenvalue weighted by atomic mass is 10.1. The minimum atomic E-state index is 0.595. The van der Waals surface area contributed by atoms with Crippen LogP contribution in [0, 0.1) is 6.92 Å². The number of aryl methyl sites for hydroxylation is 2. The third-order valence-electron chi connectivity index (χ3n) is 3.55. The summed E-state index contributed by atoms with van der Waals surface area (Å²) < 4.78 is 6.01. The number of hydrogen-bond acceptors (Lipinski definition) is 3. The molecule has 1 aromatic heterocycles. The van der Waals surface area contributed by atoms with Crippen LogP contribution in [-0.4, -0.2) is 18.6 Å². The molecule has 0 unspecified atom stereocenters. The number of nitrogens with zero attached hydrogens (tertiary/aromatic N) is 1. The molecule has 0 saturated carbocycles. The fourth-order valence-electron chi connectivity index (χ4n) is 2.34. The molecule has 0 radical (unpaired) electrons. The lowest BCUT2D eigenvalue weighted by Crippen LogP contribution is -2.12. The van der Waals surface area contributed by atoms with E-state index in [1.165, 1.54) is 11.1 Å². The van der Waals surface area contributed by atoms with Gasteiger partial charge in [-0.3, -0.25) is 4.98 Å². The molecule has 3 heteroatoms. The molecule has 0 bridgehead atoms. The second-order valence-corrected chi connectivity index (χ2v) is 5.16. The van der Waals surface area contributed by atoms with E-state index in [4.69, 9.17) is 4.74 Å². The first-order valence-electron chi connectivity index (χ1n) is 7.55. The Morgan fingerprint density at radius 3 is 2.57 bits per heavy atom. The van der Waals surface area contributed by atoms with Crippen LogP contribution in [0.1, 0.15) is 29.4 Å². The Morgan fingerprint density at radius 2 is 1.86 bits per heavy atom. The van der Waals surface area contributed by atoms with Gasteiger partial charge in [0.15, 0.2) is 0 Å². The number of rotatable bonds is 7. The summed E-state index contributed by atoms with van der Waals surface area (Å²) in [5.41, 5.74) is 4.65. The zero-order chi connectivity index (χ0) is 15.1. The minimum Gasteiger partial charge on any atom is -0.487 e. The van der Waals surface area contributed by atoms with Gasteiger partial charge in [0.05, 0.1) is 5.69 Å². The number of nitrogens with one attached hydrogen (secondary N) is 1. The molecule has 0 aliphatic carbocycles. The Bertz CT molecular complexity index is 581. The summed E-state index contributed by atoms with van der Waals surface area (Å²) in [6.45, 7) is 5.69. The van der Waals surface area contributed by atoms with Crippen LogP contribution in [0.3, 0.4) is 0 Å². The number of benzene rings is 1. The van der Waals surface area contributed by atoms with Crippen LogP contribution in [0.2, 0.25) is 0 Å². The van der Waals surface area contributed by atoms with Gasteiger partial charge in [0.25, 0.3) is 0 Å². The van der Waals surface area contributed by atoms with Crippen molar-refractivity contribution in [2.45, 2.75) is 33.3 Å². The summed E-state index contributed by atoms with van der Waals surface area (Å²) in [5, 5.41) is 3.19. The second-order valence-electron chi connectivity index (χ2n) is 5.16. The average Bonchev–Trinajstić information content (AvgIpc) is 2.52. The molecular weight excluding hydrogens is 260 g/mol. The molecule has 21 heavy (non-hydrogen) atoms. The number of hydrogen-bond donors (Lipinski definition) is 1. The van der Waals surface area contributed by atoms with Crippen LogP contribution in [-0.2, 0) is 19.4 Å². The molecule has 0 amide bonds. The largest absolute Gasteiger partial charge is 0.487 e. The summed E-state index contributed by atoms with van der Waals surface area (Å²) in [6, 6.07) is 12.5. The van der Waals surface area contributed by atoms with Gasteiger partial charge in [0.1, 0.15) is 12.4 Å². The van der Waals surface area contributed by atoms with Gasteiger partial charge < -0.3 is 10.1 Å². The SMILES string of the molecule is CCc1nc(C)ccc1OCc1ccccc1CCNC. The Labute approximate surface area is 127 Å². The van der Waals surface area contributed by atoms with Crippen molar-refractivity contribution in [2.24, 2.45) is 0 Å². The van der Waals surface area contributed by atoms with Gasteiger partial charge in [-0.25, -0.2) is 0 Å². The molecule has 1 N–H and O–H groups in total. The van der Waals surface area contributed by atoms with Crippen molar-refractivity contribution in [2.75, 3.05) is 13.6 Å². The van der Waals surface area contributed by atoms with Crippen molar-refractivity contribution in [1.82, 2.24) is 10.3 Å². The van der Waals surface area contributed by atoms with E-state index in [1.54, 1.807) is 0 Å². The monoisotopic (exact) mass is 284 g/mol. The van der Waals surface area contributed by atoms with Crippen LogP contribution in [0.15, 0.2) is 36.4 Å². The zero-order valence-electron chi connectivity index (χ0n) is 13.1. The molecule has 2 rings (SSSR count). The van der Waals surface area contributed by atoms with E-state index in [0.29, 0.717) is 6.61 Å². The van der Waals surface area contributed by atoms with Gasteiger partial charge in [-0.15, -0.1) is 0 Å². The van der Waals surface area contributed by atoms with E-state index in [1.807, 2.05) is 26.1 Å². The first kappa shape index (κ1) is 15.5. The van der Waals surface area contributed by atoms with Gasteiger partial charge in [-0.1, -0.05) is 31.2 Å². The number of pyridine rings is 1. The Kier molecular flexibility index (Phi) is 5.76. The van der Waals surface area contributed by atoms with E-state index in [-0.39, 0.29) is 0 Å². The quantitative estimate of drug-likeness (QED) is 0.847. The molecule has 112 valence electrons. The molecule has 0 fully saturated rings. The minimum absolute atomic E-state index is 0.595. The van der Waals surface area contributed by atoms with Gasteiger partial charge >= 0.3 is 0 Å². The molecule has 0 atom stereocenters. The van der Waals surface area contributed by atoms with Crippen LogP contribution in [0.5, 0.6) is 5.75 Å². The first-order valence-corrected chi connectivity index (χ1v) is 7.55. The average molecular weight is 284 g/mol. The normalized spacial score (nSPS) is 10.6. The highest BCUT2D eigenvalue weighted by Crippen LogP contribution is 2.20. The zero-order valence-corrected chi connectivity index (χ0v) is 13.1. The van der Waals surface area contributed by atoms with E-state index < -0.39 is 0 Å². The van der Waals surface area contributed by atoms with E-state index in [9.17, 15) is 0 Å². The summed E-state index contributed by atoms with van der Waals surface area (Å²) in [7, 11) is 1.98. The van der Waals surface area contributed by atoms with Gasteiger partial charge in [-0.2, -0.15) is 0 Å². The fraction of sp³-hybridized carbons (Fsp3) is 0.389. The Morgan fingerprint density at radius 1 is 1.10 bits per heavy atom. The Balaban J connectivity index is 2.09. The number of aromatic nitrogens is 1. The van der Waals surface area contributed by atoms with E-state index in [2.05, 4.69) is 41.5 Å². The molecule has 1 aromatic carbocycles. The molecule has 3 nitrogen and oxygen atoms in total. The van der Waals surface area contributed by atoms with Crippen molar-refractivity contribution in [3.8, 4) is 5.75 Å². The maximum atomic E-state index is 6.01. The molecular formula is C18H24N2O. The predicted octanol–water partition coefficient (Wildman–Crippen LogP) is 3.29. The summed E-state index contributed by atoms with van der Waals surface area (Å²) in [5.74, 6) is 0.895. The maximum absolute atomic E-state index is 6.01. The number of ether oxygens (including phenoxy) is 1. The Hall–Kier alpha value is -1.87. The number of likely N-dealkylation sites (N-methyl/N-ethyl adjacent to an activating group) is 1. The highest BCUT2D eigenvalue weighted by molar-refractivity contribution is 5.31. The standard InChI is InChI=1S/C18H24N2O/c1-4-17-18(10-9-14(2)20-17)21-13-16-8-6-5-7-15(16)11-12-19-3/h5-10,19H,4,11-13H2,1-3H3. The summed E-state index contributed by atoms with van der Waals surface area (Å²) in [4.78, 5) is 4.54. The lowest BCUT2D eigenvalue weighted by Gasteiger charge is -2.13. The summed E-state index contributed by atoms with van der Waals surface area (Å²) >= 11 is 0. The smallest absolute Gasteiger partial charge is 0.141 e. The molecule has 0 aliphatic heterocycles. The van der Waals surface area contributed by atoms with Crippen molar-refractivity contribution in [3.05, 3.63) is 58.9 Å².